The smallest absolute Gasteiger partial charge is 0.407 e. The van der Waals surface area contributed by atoms with Crippen LogP contribution >= 0.6 is 0 Å². The molecule has 0 aromatic heterocycles. The average Bonchev–Trinajstić information content (AvgIpc) is 3.52. The molecule has 0 bridgehead atoms. The van der Waals surface area contributed by atoms with Crippen LogP contribution < -0.4 is 14.2 Å². The molecule has 11 nitrogen and oxygen atoms in total. The Bertz CT molecular complexity index is 1820. The molecule has 6 rings (SSSR count). The molecular formula is C41H48FNO10. The summed E-state index contributed by atoms with van der Waals surface area (Å²) in [5.41, 5.74) is 2.49. The minimum Gasteiger partial charge on any atom is -0.496 e. The van der Waals surface area contributed by atoms with Gasteiger partial charge in [-0.3, -0.25) is 0 Å². The van der Waals surface area contributed by atoms with Crippen molar-refractivity contribution in [3.05, 3.63) is 101 Å². The number of hydrogen-bond donors (Lipinski definition) is 1. The number of ether oxygens (including phenoxy) is 8. The molecule has 2 saturated heterocycles. The highest BCUT2D eigenvalue weighted by atomic mass is 19.1. The van der Waals surface area contributed by atoms with E-state index in [1.54, 1.807) is 20.3 Å². The van der Waals surface area contributed by atoms with E-state index in [0.29, 0.717) is 43.3 Å². The van der Waals surface area contributed by atoms with Crippen molar-refractivity contribution in [3.8, 4) is 17.2 Å². The molecule has 2 heterocycles. The maximum Gasteiger partial charge on any atom is 0.407 e. The second-order valence-corrected chi connectivity index (χ2v) is 13.7. The van der Waals surface area contributed by atoms with Gasteiger partial charge in [0.25, 0.3) is 0 Å². The number of carbonyl (C=O) groups is 1. The van der Waals surface area contributed by atoms with Gasteiger partial charge in [-0.15, -0.1) is 0 Å². The van der Waals surface area contributed by atoms with Crippen LogP contribution in [0.15, 0.2) is 78.9 Å². The maximum atomic E-state index is 13.7. The van der Waals surface area contributed by atoms with E-state index >= 15 is 0 Å². The summed E-state index contributed by atoms with van der Waals surface area (Å²) >= 11 is 0. The van der Waals surface area contributed by atoms with Gasteiger partial charge in [0.2, 0.25) is 0 Å². The van der Waals surface area contributed by atoms with Crippen LogP contribution in [0.2, 0.25) is 0 Å². The van der Waals surface area contributed by atoms with Crippen LogP contribution in [0.3, 0.4) is 0 Å². The molecular weight excluding hydrogens is 685 g/mol. The fourth-order valence-corrected chi connectivity index (χ4v) is 6.92. The third-order valence-corrected chi connectivity index (χ3v) is 9.47. The molecule has 0 spiro atoms. The molecule has 284 valence electrons. The second kappa shape index (κ2) is 17.6. The number of nitrogens with zero attached hydrogens (tertiary/aromatic N) is 1. The number of methoxy groups -OCH3 is 2. The number of piperidine rings is 1. The maximum absolute atomic E-state index is 13.7. The third kappa shape index (κ3) is 9.95. The van der Waals surface area contributed by atoms with Gasteiger partial charge < -0.3 is 47.9 Å². The van der Waals surface area contributed by atoms with Crippen molar-refractivity contribution >= 4 is 16.9 Å². The van der Waals surface area contributed by atoms with Gasteiger partial charge in [0.15, 0.2) is 5.79 Å². The van der Waals surface area contributed by atoms with E-state index in [4.69, 9.17) is 37.9 Å². The fourth-order valence-electron chi connectivity index (χ4n) is 6.92. The number of halogens is 1. The summed E-state index contributed by atoms with van der Waals surface area (Å²) in [5, 5.41) is 12.1. The zero-order chi connectivity index (χ0) is 37.4. The molecule has 0 aliphatic carbocycles. The van der Waals surface area contributed by atoms with Gasteiger partial charge in [0, 0.05) is 23.3 Å². The van der Waals surface area contributed by atoms with Crippen molar-refractivity contribution < 1.29 is 52.2 Å². The second-order valence-electron chi connectivity index (χ2n) is 13.7. The van der Waals surface area contributed by atoms with Crippen LogP contribution in [0.1, 0.15) is 42.9 Å². The lowest BCUT2D eigenvalue weighted by Gasteiger charge is -2.43. The summed E-state index contributed by atoms with van der Waals surface area (Å²) in [5.74, 6) is 0.648. The van der Waals surface area contributed by atoms with Gasteiger partial charge in [0.05, 0.1) is 79.2 Å². The molecule has 4 aromatic rings. The monoisotopic (exact) mass is 733 g/mol. The Morgan fingerprint density at radius 3 is 2.38 bits per heavy atom. The highest BCUT2D eigenvalue weighted by Gasteiger charge is 2.42. The summed E-state index contributed by atoms with van der Waals surface area (Å²) in [4.78, 5) is 13.7. The van der Waals surface area contributed by atoms with Gasteiger partial charge in [-0.1, -0.05) is 36.4 Å². The quantitative estimate of drug-likeness (QED) is 0.119. The van der Waals surface area contributed by atoms with E-state index in [-0.39, 0.29) is 50.7 Å². The largest absolute Gasteiger partial charge is 0.496 e. The number of hydrogen-bond acceptors (Lipinski definition) is 9. The first-order valence-corrected chi connectivity index (χ1v) is 17.8. The molecule has 2 fully saturated rings. The number of likely N-dealkylation sites (tertiary alicyclic amines) is 1. The fraction of sp³-hybridized carbons (Fsp3) is 0.439. The Morgan fingerprint density at radius 2 is 1.66 bits per heavy atom. The minimum atomic E-state index is -1.04. The Morgan fingerprint density at radius 1 is 0.906 bits per heavy atom. The summed E-state index contributed by atoms with van der Waals surface area (Å²) in [6.45, 7) is 5.98. The molecule has 2 aliphatic heterocycles. The third-order valence-electron chi connectivity index (χ3n) is 9.47. The van der Waals surface area contributed by atoms with Crippen molar-refractivity contribution in [2.24, 2.45) is 0 Å². The molecule has 53 heavy (non-hydrogen) atoms. The van der Waals surface area contributed by atoms with Crippen LogP contribution in [0.25, 0.3) is 10.8 Å². The highest BCUT2D eigenvalue weighted by Crippen LogP contribution is 2.36. The van der Waals surface area contributed by atoms with Crippen LogP contribution in [0.4, 0.5) is 9.18 Å². The number of amides is 1. The number of fused-ring (bicyclic) bond motifs is 1. The lowest BCUT2D eigenvalue weighted by molar-refractivity contribution is -0.153. The molecule has 0 radical (unpaired) electrons. The molecule has 4 atom stereocenters. The van der Waals surface area contributed by atoms with E-state index in [0.717, 1.165) is 27.6 Å². The van der Waals surface area contributed by atoms with Gasteiger partial charge in [0.1, 0.15) is 29.2 Å². The first-order valence-electron chi connectivity index (χ1n) is 17.8. The lowest BCUT2D eigenvalue weighted by atomic mass is 9.84. The minimum absolute atomic E-state index is 0.167. The van der Waals surface area contributed by atoms with Crippen molar-refractivity contribution in [2.75, 3.05) is 53.7 Å². The average molecular weight is 734 g/mol. The Kier molecular flexibility index (Phi) is 12.7. The standard InChI is InChI=1S/C41H48FNO10/c1-41(2)52-26-33(53-41)25-51-38-22-43(40(44)45)21-37(50-23-27-18-29-8-5-6-9-34(29)36(19-27)47-4)39(38)28-10-13-32(14-11-28)49-17-7-16-48-24-30-20-31(42)12-15-35(30)46-3/h5-6,8-15,18-20,33,37-39H,7,16-17,21-26H2,1-4H3,(H,44,45)/t33-,37-,38+,39+/m0/s1. The zero-order valence-corrected chi connectivity index (χ0v) is 30.6. The molecule has 2 aliphatic rings. The van der Waals surface area contributed by atoms with E-state index in [1.165, 1.54) is 17.0 Å². The van der Waals surface area contributed by atoms with Crippen molar-refractivity contribution in [2.45, 2.75) is 63.5 Å². The summed E-state index contributed by atoms with van der Waals surface area (Å²) in [7, 11) is 3.19. The van der Waals surface area contributed by atoms with Crippen LogP contribution in [0, 0.1) is 5.82 Å². The lowest BCUT2D eigenvalue weighted by Crippen LogP contribution is -2.54. The summed E-state index contributed by atoms with van der Waals surface area (Å²) in [6.07, 6.45) is -1.75. The van der Waals surface area contributed by atoms with Gasteiger partial charge >= 0.3 is 6.09 Å². The molecule has 4 aromatic carbocycles. The predicted octanol–water partition coefficient (Wildman–Crippen LogP) is 7.18. The molecule has 12 heteroatoms. The normalized spacial score (nSPS) is 21.1. The number of benzene rings is 4. The van der Waals surface area contributed by atoms with E-state index in [1.807, 2.05) is 68.4 Å². The molecule has 1 N–H and O–H groups in total. The van der Waals surface area contributed by atoms with E-state index < -0.39 is 24.1 Å². The highest BCUT2D eigenvalue weighted by molar-refractivity contribution is 5.89. The molecule has 1 amide bonds. The SMILES string of the molecule is COc1ccc(F)cc1COCCCOc1ccc([C@@H]2[C@@H](OCc3cc(OC)c4ccccc4c3)CN(C(=O)O)C[C@H]2OC[C@H]2COC(C)(C)O2)cc1. The Hall–Kier alpha value is -4.46. The number of rotatable bonds is 16. The van der Waals surface area contributed by atoms with Crippen molar-refractivity contribution in [1.82, 2.24) is 4.90 Å². The van der Waals surface area contributed by atoms with E-state index in [9.17, 15) is 14.3 Å². The van der Waals surface area contributed by atoms with Gasteiger partial charge in [-0.2, -0.15) is 0 Å². The van der Waals surface area contributed by atoms with Crippen LogP contribution in [0.5, 0.6) is 17.2 Å². The van der Waals surface area contributed by atoms with E-state index in [2.05, 4.69) is 6.07 Å². The molecule has 0 unspecified atom stereocenters. The Labute approximate surface area is 309 Å². The molecule has 0 saturated carbocycles. The number of carboxylic acid groups (broad SMARTS) is 1. The van der Waals surface area contributed by atoms with Crippen LogP contribution in [-0.2, 0) is 36.9 Å². The van der Waals surface area contributed by atoms with Crippen molar-refractivity contribution in [1.29, 1.82) is 0 Å². The van der Waals surface area contributed by atoms with Gasteiger partial charge in [-0.05, 0) is 72.8 Å². The Balaban J connectivity index is 1.14. The van der Waals surface area contributed by atoms with Gasteiger partial charge in [-0.25, -0.2) is 9.18 Å². The van der Waals surface area contributed by atoms with Crippen molar-refractivity contribution in [3.63, 3.8) is 0 Å². The van der Waals surface area contributed by atoms with Crippen LogP contribution in [-0.4, -0.2) is 93.9 Å². The predicted molar refractivity (Wildman–Crippen MR) is 195 cm³/mol. The summed E-state index contributed by atoms with van der Waals surface area (Å²) in [6, 6.07) is 24.1. The topological polar surface area (TPSA) is 114 Å². The summed E-state index contributed by atoms with van der Waals surface area (Å²) < 4.78 is 61.2. The zero-order valence-electron chi connectivity index (χ0n) is 30.6. The first kappa shape index (κ1) is 38.3. The first-order chi connectivity index (χ1) is 25.6.